The zero-order valence-electron chi connectivity index (χ0n) is 15.2. The van der Waals surface area contributed by atoms with Crippen molar-refractivity contribution in [2.45, 2.75) is 6.92 Å². The minimum Gasteiger partial charge on any atom is -0.457 e. The van der Waals surface area contributed by atoms with Crippen LogP contribution in [0.15, 0.2) is 59.5 Å². The molecule has 0 aliphatic carbocycles. The number of pyridine rings is 1. The van der Waals surface area contributed by atoms with Gasteiger partial charge < -0.3 is 9.72 Å². The van der Waals surface area contributed by atoms with Crippen LogP contribution in [-0.4, -0.2) is 19.7 Å². The SMILES string of the molecule is Cc1cc(-c2cc(NS(C)(=O)=O)ccc2Oc2cccc(C#N)c2)c[nH]c1=O. The van der Waals surface area contributed by atoms with E-state index in [1.54, 1.807) is 55.5 Å². The van der Waals surface area contributed by atoms with Crippen LogP contribution in [0, 0.1) is 18.3 Å². The van der Waals surface area contributed by atoms with Gasteiger partial charge in [0, 0.05) is 28.6 Å². The number of aromatic amines is 1. The molecule has 0 bridgehead atoms. The van der Waals surface area contributed by atoms with Crippen molar-refractivity contribution in [1.82, 2.24) is 4.98 Å². The lowest BCUT2D eigenvalue weighted by molar-refractivity contribution is 0.484. The number of nitrogens with one attached hydrogen (secondary N) is 2. The van der Waals surface area contributed by atoms with E-state index < -0.39 is 10.0 Å². The van der Waals surface area contributed by atoms with E-state index in [0.29, 0.717) is 39.4 Å². The third-order valence-corrected chi connectivity index (χ3v) is 4.48. The zero-order chi connectivity index (χ0) is 20.3. The van der Waals surface area contributed by atoms with Gasteiger partial charge in [0.1, 0.15) is 11.5 Å². The molecule has 8 heteroatoms. The standard InChI is InChI=1S/C20H17N3O4S/c1-13-8-15(12-22-20(13)24)18-10-16(23-28(2,25)26)6-7-19(18)27-17-5-3-4-14(9-17)11-21/h3-10,12,23H,1-2H3,(H,22,24). The largest absolute Gasteiger partial charge is 0.457 e. The fraction of sp³-hybridized carbons (Fsp3) is 0.100. The number of rotatable bonds is 5. The first-order valence-electron chi connectivity index (χ1n) is 8.25. The molecule has 2 aromatic carbocycles. The van der Waals surface area contributed by atoms with Crippen LogP contribution in [0.4, 0.5) is 5.69 Å². The van der Waals surface area contributed by atoms with E-state index in [-0.39, 0.29) is 5.56 Å². The Bertz CT molecular complexity index is 1240. The fourth-order valence-electron chi connectivity index (χ4n) is 2.63. The van der Waals surface area contributed by atoms with Crippen molar-refractivity contribution >= 4 is 15.7 Å². The highest BCUT2D eigenvalue weighted by Gasteiger charge is 2.12. The number of nitriles is 1. The molecule has 3 rings (SSSR count). The van der Waals surface area contributed by atoms with E-state index in [9.17, 15) is 13.2 Å². The molecule has 0 radical (unpaired) electrons. The van der Waals surface area contributed by atoms with Gasteiger partial charge in [-0.3, -0.25) is 9.52 Å². The Morgan fingerprint density at radius 1 is 1.14 bits per heavy atom. The average Bonchev–Trinajstić information content (AvgIpc) is 2.64. The molecule has 0 unspecified atom stereocenters. The quantitative estimate of drug-likeness (QED) is 0.688. The van der Waals surface area contributed by atoms with Gasteiger partial charge in [-0.25, -0.2) is 8.42 Å². The van der Waals surface area contributed by atoms with Crippen molar-refractivity contribution in [1.29, 1.82) is 5.26 Å². The monoisotopic (exact) mass is 395 g/mol. The number of aromatic nitrogens is 1. The number of ether oxygens (including phenoxy) is 1. The van der Waals surface area contributed by atoms with Gasteiger partial charge in [0.15, 0.2) is 0 Å². The first-order chi connectivity index (χ1) is 13.2. The van der Waals surface area contributed by atoms with E-state index in [1.807, 2.05) is 0 Å². The zero-order valence-corrected chi connectivity index (χ0v) is 16.0. The van der Waals surface area contributed by atoms with Crippen molar-refractivity contribution in [3.63, 3.8) is 0 Å². The van der Waals surface area contributed by atoms with Crippen molar-refractivity contribution in [3.8, 4) is 28.7 Å². The Balaban J connectivity index is 2.11. The molecule has 1 aromatic heterocycles. The van der Waals surface area contributed by atoms with Crippen molar-refractivity contribution in [2.75, 3.05) is 11.0 Å². The van der Waals surface area contributed by atoms with Crippen LogP contribution in [0.25, 0.3) is 11.1 Å². The van der Waals surface area contributed by atoms with E-state index in [0.717, 1.165) is 6.26 Å². The van der Waals surface area contributed by atoms with Gasteiger partial charge in [-0.2, -0.15) is 5.26 Å². The van der Waals surface area contributed by atoms with Gasteiger partial charge in [0.05, 0.1) is 17.9 Å². The maximum Gasteiger partial charge on any atom is 0.250 e. The molecule has 7 nitrogen and oxygen atoms in total. The molecule has 0 amide bonds. The molecule has 2 N–H and O–H groups in total. The molecule has 28 heavy (non-hydrogen) atoms. The second-order valence-corrected chi connectivity index (χ2v) is 7.98. The van der Waals surface area contributed by atoms with Crippen LogP contribution in [0.5, 0.6) is 11.5 Å². The normalized spacial score (nSPS) is 10.9. The Labute approximate surface area is 162 Å². The maximum atomic E-state index is 11.7. The minimum atomic E-state index is -3.46. The van der Waals surface area contributed by atoms with Crippen molar-refractivity contribution < 1.29 is 13.2 Å². The smallest absolute Gasteiger partial charge is 0.250 e. The van der Waals surface area contributed by atoms with E-state index >= 15 is 0 Å². The Kier molecular flexibility index (Phi) is 5.20. The van der Waals surface area contributed by atoms with Crippen LogP contribution in [0.1, 0.15) is 11.1 Å². The van der Waals surface area contributed by atoms with Crippen molar-refractivity contribution in [2.24, 2.45) is 0 Å². The number of sulfonamides is 1. The van der Waals surface area contributed by atoms with Gasteiger partial charge in [-0.05, 0) is 49.4 Å². The van der Waals surface area contributed by atoms with E-state index in [1.165, 1.54) is 6.20 Å². The summed E-state index contributed by atoms with van der Waals surface area (Å²) in [4.78, 5) is 14.3. The molecule has 0 saturated heterocycles. The molecule has 142 valence electrons. The van der Waals surface area contributed by atoms with Crippen LogP contribution in [-0.2, 0) is 10.0 Å². The number of hydrogen-bond donors (Lipinski definition) is 2. The summed E-state index contributed by atoms with van der Waals surface area (Å²) in [7, 11) is -3.46. The minimum absolute atomic E-state index is 0.210. The summed E-state index contributed by atoms with van der Waals surface area (Å²) >= 11 is 0. The number of hydrogen-bond acceptors (Lipinski definition) is 5. The maximum absolute atomic E-state index is 11.7. The van der Waals surface area contributed by atoms with Gasteiger partial charge in [0.25, 0.3) is 5.56 Å². The first-order valence-corrected chi connectivity index (χ1v) is 10.1. The van der Waals surface area contributed by atoms with E-state index in [4.69, 9.17) is 10.00 Å². The van der Waals surface area contributed by atoms with Crippen LogP contribution in [0.3, 0.4) is 0 Å². The Morgan fingerprint density at radius 3 is 2.61 bits per heavy atom. The molecule has 0 aliphatic heterocycles. The molecular weight excluding hydrogens is 378 g/mol. The second-order valence-electron chi connectivity index (χ2n) is 6.23. The lowest BCUT2D eigenvalue weighted by atomic mass is 10.0. The fourth-order valence-corrected chi connectivity index (χ4v) is 3.19. The molecule has 0 saturated carbocycles. The van der Waals surface area contributed by atoms with E-state index in [2.05, 4.69) is 15.8 Å². The molecule has 0 spiro atoms. The predicted molar refractivity (Wildman–Crippen MR) is 107 cm³/mol. The molecule has 1 heterocycles. The summed E-state index contributed by atoms with van der Waals surface area (Å²) in [6.45, 7) is 1.68. The molecule has 0 atom stereocenters. The lowest BCUT2D eigenvalue weighted by Gasteiger charge is -2.14. The number of benzene rings is 2. The Morgan fingerprint density at radius 2 is 1.93 bits per heavy atom. The number of anilines is 1. The summed E-state index contributed by atoms with van der Waals surface area (Å²) in [6.07, 6.45) is 2.60. The number of nitrogens with zero attached hydrogens (tertiary/aromatic N) is 1. The van der Waals surface area contributed by atoms with Crippen molar-refractivity contribution in [3.05, 3.63) is 76.2 Å². The lowest BCUT2D eigenvalue weighted by Crippen LogP contribution is -2.10. The Hall–Kier alpha value is -3.57. The molecule has 0 fully saturated rings. The van der Waals surface area contributed by atoms with Gasteiger partial charge >= 0.3 is 0 Å². The van der Waals surface area contributed by atoms with Gasteiger partial charge in [-0.1, -0.05) is 6.07 Å². The average molecular weight is 395 g/mol. The highest BCUT2D eigenvalue weighted by molar-refractivity contribution is 7.92. The number of aryl methyl sites for hydroxylation is 1. The van der Waals surface area contributed by atoms with Crippen LogP contribution >= 0.6 is 0 Å². The molecule has 3 aromatic rings. The first kappa shape index (κ1) is 19.2. The predicted octanol–water partition coefficient (Wildman–Crippen LogP) is 3.39. The topological polar surface area (TPSA) is 112 Å². The summed E-state index contributed by atoms with van der Waals surface area (Å²) in [5.41, 5.74) is 2.35. The third kappa shape index (κ3) is 4.58. The molecular formula is C20H17N3O4S. The summed E-state index contributed by atoms with van der Waals surface area (Å²) < 4.78 is 31.5. The van der Waals surface area contributed by atoms with Gasteiger partial charge in [0.2, 0.25) is 10.0 Å². The highest BCUT2D eigenvalue weighted by Crippen LogP contribution is 2.35. The molecule has 0 aliphatic rings. The summed E-state index contributed by atoms with van der Waals surface area (Å²) in [6, 6.07) is 15.3. The summed E-state index contributed by atoms with van der Waals surface area (Å²) in [5, 5.41) is 9.06. The second kappa shape index (κ2) is 7.58. The van der Waals surface area contributed by atoms with Crippen LogP contribution in [0.2, 0.25) is 0 Å². The number of H-pyrrole nitrogens is 1. The third-order valence-electron chi connectivity index (χ3n) is 3.87. The summed E-state index contributed by atoms with van der Waals surface area (Å²) in [5.74, 6) is 0.908. The van der Waals surface area contributed by atoms with Crippen LogP contribution < -0.4 is 15.0 Å². The van der Waals surface area contributed by atoms with Gasteiger partial charge in [-0.15, -0.1) is 0 Å². The highest BCUT2D eigenvalue weighted by atomic mass is 32.2.